The van der Waals surface area contributed by atoms with Gasteiger partial charge in [-0.2, -0.15) is 0 Å². The van der Waals surface area contributed by atoms with Crippen LogP contribution in [0.4, 0.5) is 0 Å². The maximum Gasteiger partial charge on any atom is 0.289 e. The van der Waals surface area contributed by atoms with E-state index in [1.165, 1.54) is 39.1 Å². The summed E-state index contributed by atoms with van der Waals surface area (Å²) in [5.74, 6) is 1.35. The second-order valence-corrected chi connectivity index (χ2v) is 8.91. The van der Waals surface area contributed by atoms with E-state index in [0.717, 1.165) is 19.4 Å². The van der Waals surface area contributed by atoms with Crippen LogP contribution in [0, 0.1) is 19.3 Å². The van der Waals surface area contributed by atoms with Crippen molar-refractivity contribution in [2.75, 3.05) is 0 Å². The Hall–Kier alpha value is -2.09. The molecule has 1 aliphatic heterocycles. The predicted molar refractivity (Wildman–Crippen MR) is 105 cm³/mol. The van der Waals surface area contributed by atoms with Crippen molar-refractivity contribution < 1.29 is 4.57 Å². The zero-order valence-corrected chi connectivity index (χ0v) is 16.4. The van der Waals surface area contributed by atoms with Gasteiger partial charge in [-0.3, -0.25) is 0 Å². The molecular formula is C23H29N2+. The van der Waals surface area contributed by atoms with Gasteiger partial charge in [0.1, 0.15) is 0 Å². The lowest BCUT2D eigenvalue weighted by Crippen LogP contribution is -2.33. The molecule has 25 heavy (non-hydrogen) atoms. The van der Waals surface area contributed by atoms with Crippen LogP contribution in [0.3, 0.4) is 0 Å². The van der Waals surface area contributed by atoms with Crippen molar-refractivity contribution >= 4 is 11.0 Å². The molecule has 4 rings (SSSR count). The van der Waals surface area contributed by atoms with Crippen LogP contribution in [0.1, 0.15) is 43.0 Å². The summed E-state index contributed by atoms with van der Waals surface area (Å²) < 4.78 is 4.94. The van der Waals surface area contributed by atoms with E-state index >= 15 is 0 Å². The van der Waals surface area contributed by atoms with Crippen LogP contribution < -0.4 is 4.57 Å². The average molecular weight is 333 g/mol. The fourth-order valence-corrected chi connectivity index (χ4v) is 4.49. The second kappa shape index (κ2) is 5.45. The fraction of sp³-hybridized carbons (Fsp3) is 0.435. The summed E-state index contributed by atoms with van der Waals surface area (Å²) in [6.45, 7) is 12.5. The first-order valence-electron chi connectivity index (χ1n) is 9.37. The van der Waals surface area contributed by atoms with Crippen molar-refractivity contribution in [1.82, 2.24) is 4.57 Å². The molecule has 0 spiro atoms. The molecule has 0 bridgehead atoms. The zero-order valence-electron chi connectivity index (χ0n) is 16.4. The molecule has 0 aliphatic carbocycles. The van der Waals surface area contributed by atoms with Gasteiger partial charge in [0.2, 0.25) is 0 Å². The third-order valence-corrected chi connectivity index (χ3v) is 5.49. The SMILES string of the molecule is Cc1ccc(-c2n(C)c3ccc(CC(C)(C)C)c4c3[n+]2CC4)c(C)c1. The van der Waals surface area contributed by atoms with Gasteiger partial charge >= 0.3 is 0 Å². The highest BCUT2D eigenvalue weighted by Crippen LogP contribution is 2.34. The van der Waals surface area contributed by atoms with Crippen LogP contribution in [0.25, 0.3) is 22.4 Å². The molecule has 0 saturated heterocycles. The largest absolute Gasteiger partial charge is 0.289 e. The summed E-state index contributed by atoms with van der Waals surface area (Å²) in [6, 6.07) is 11.5. The average Bonchev–Trinajstić information content (AvgIpc) is 3.04. The number of benzene rings is 2. The van der Waals surface area contributed by atoms with Crippen LogP contribution in [0.5, 0.6) is 0 Å². The molecule has 2 nitrogen and oxygen atoms in total. The number of aromatic nitrogens is 2. The number of nitrogens with zero attached hydrogens (tertiary/aromatic N) is 2. The van der Waals surface area contributed by atoms with E-state index in [1.54, 1.807) is 5.56 Å². The molecule has 0 unspecified atom stereocenters. The first-order chi connectivity index (χ1) is 11.8. The molecule has 3 aromatic rings. The molecule has 0 N–H and O–H groups in total. The number of rotatable bonds is 2. The topological polar surface area (TPSA) is 8.81 Å². The number of hydrogen-bond acceptors (Lipinski definition) is 0. The van der Waals surface area contributed by atoms with Crippen molar-refractivity contribution in [2.24, 2.45) is 12.5 Å². The van der Waals surface area contributed by atoms with E-state index in [4.69, 9.17) is 0 Å². The third kappa shape index (κ3) is 2.59. The van der Waals surface area contributed by atoms with Gasteiger partial charge in [0, 0.05) is 12.0 Å². The lowest BCUT2D eigenvalue weighted by molar-refractivity contribution is -0.653. The Labute approximate surface area is 151 Å². The summed E-state index contributed by atoms with van der Waals surface area (Å²) in [4.78, 5) is 0. The van der Waals surface area contributed by atoms with Gasteiger partial charge in [0.15, 0.2) is 11.0 Å². The standard InChI is InChI=1S/C23H29N2/c1-15-7-9-18(16(2)13-15)22-24(6)20-10-8-17(14-23(3,4)5)19-11-12-25(22)21(19)20/h7-10,13H,11-12,14H2,1-6H3/q+1. The first kappa shape index (κ1) is 16.4. The number of imidazole rings is 1. The Morgan fingerprint density at radius 3 is 2.52 bits per heavy atom. The van der Waals surface area contributed by atoms with Gasteiger partial charge in [-0.15, -0.1) is 0 Å². The maximum absolute atomic E-state index is 2.55. The molecule has 2 heteroatoms. The van der Waals surface area contributed by atoms with Crippen LogP contribution in [-0.4, -0.2) is 4.57 Å². The third-order valence-electron chi connectivity index (χ3n) is 5.49. The Morgan fingerprint density at radius 2 is 1.84 bits per heavy atom. The normalized spacial score (nSPS) is 13.8. The van der Waals surface area contributed by atoms with Crippen molar-refractivity contribution in [3.8, 4) is 11.4 Å². The monoisotopic (exact) mass is 333 g/mol. The zero-order chi connectivity index (χ0) is 17.9. The van der Waals surface area contributed by atoms with E-state index in [9.17, 15) is 0 Å². The highest BCUT2D eigenvalue weighted by molar-refractivity contribution is 5.81. The highest BCUT2D eigenvalue weighted by atomic mass is 15.2. The van der Waals surface area contributed by atoms with E-state index in [1.807, 2.05) is 0 Å². The molecule has 0 amide bonds. The number of aryl methyl sites for hydroxylation is 5. The van der Waals surface area contributed by atoms with Crippen molar-refractivity contribution in [3.05, 3.63) is 52.6 Å². The predicted octanol–water partition coefficient (Wildman–Crippen LogP) is 4.89. The smallest absolute Gasteiger partial charge is 0.226 e. The lowest BCUT2D eigenvalue weighted by Gasteiger charge is -2.19. The molecule has 130 valence electrons. The van der Waals surface area contributed by atoms with Gasteiger partial charge in [-0.05, 0) is 48.9 Å². The van der Waals surface area contributed by atoms with Crippen LogP contribution in [0.15, 0.2) is 30.3 Å². The minimum absolute atomic E-state index is 0.322. The Morgan fingerprint density at radius 1 is 1.08 bits per heavy atom. The van der Waals surface area contributed by atoms with Gasteiger partial charge in [0.05, 0.1) is 19.2 Å². The molecule has 1 aromatic heterocycles. The molecule has 1 aliphatic rings. The molecule has 0 saturated carbocycles. The highest BCUT2D eigenvalue weighted by Gasteiger charge is 2.33. The van der Waals surface area contributed by atoms with Gasteiger partial charge in [-0.25, -0.2) is 9.13 Å². The van der Waals surface area contributed by atoms with Crippen molar-refractivity contribution in [3.63, 3.8) is 0 Å². The van der Waals surface area contributed by atoms with E-state index < -0.39 is 0 Å². The quantitative estimate of drug-likeness (QED) is 0.590. The van der Waals surface area contributed by atoms with Crippen molar-refractivity contribution in [1.29, 1.82) is 0 Å². The summed E-state index contributed by atoms with van der Waals surface area (Å²) in [7, 11) is 2.21. The van der Waals surface area contributed by atoms with Gasteiger partial charge in [0.25, 0.3) is 5.82 Å². The van der Waals surface area contributed by atoms with Crippen LogP contribution in [0.2, 0.25) is 0 Å². The van der Waals surface area contributed by atoms with Crippen LogP contribution >= 0.6 is 0 Å². The van der Waals surface area contributed by atoms with E-state index in [-0.39, 0.29) is 0 Å². The Kier molecular flexibility index (Phi) is 3.57. The second-order valence-electron chi connectivity index (χ2n) is 8.91. The minimum Gasteiger partial charge on any atom is -0.226 e. The van der Waals surface area contributed by atoms with Crippen molar-refractivity contribution in [2.45, 2.75) is 54.0 Å². The summed E-state index contributed by atoms with van der Waals surface area (Å²) in [5, 5.41) is 0. The molecule has 0 radical (unpaired) electrons. The van der Waals surface area contributed by atoms with E-state index in [2.05, 4.69) is 81.1 Å². The van der Waals surface area contributed by atoms with Crippen LogP contribution in [-0.2, 0) is 26.4 Å². The number of hydrogen-bond donors (Lipinski definition) is 0. The molecule has 0 atom stereocenters. The maximum atomic E-state index is 2.55. The Balaban J connectivity index is 1.96. The van der Waals surface area contributed by atoms with E-state index in [0.29, 0.717) is 5.41 Å². The fourth-order valence-electron chi connectivity index (χ4n) is 4.49. The van der Waals surface area contributed by atoms with Gasteiger partial charge < -0.3 is 0 Å². The lowest BCUT2D eigenvalue weighted by atomic mass is 9.85. The molecule has 2 aromatic carbocycles. The Bertz CT molecular complexity index is 984. The summed E-state index contributed by atoms with van der Waals surface area (Å²) in [6.07, 6.45) is 2.31. The molecule has 0 fully saturated rings. The van der Waals surface area contributed by atoms with Gasteiger partial charge in [-0.1, -0.05) is 44.5 Å². The minimum atomic E-state index is 0.322. The summed E-state index contributed by atoms with van der Waals surface area (Å²) in [5.41, 5.74) is 10.3. The summed E-state index contributed by atoms with van der Waals surface area (Å²) >= 11 is 0. The first-order valence-corrected chi connectivity index (χ1v) is 9.37. The molecule has 2 heterocycles. The molecular weight excluding hydrogens is 304 g/mol.